The first-order valence-electron chi connectivity index (χ1n) is 10.3. The highest BCUT2D eigenvalue weighted by Gasteiger charge is 2.31. The molecule has 4 rings (SSSR count). The molecule has 26 heavy (non-hydrogen) atoms. The quantitative estimate of drug-likeness (QED) is 0.864. The van der Waals surface area contributed by atoms with E-state index in [1.165, 1.54) is 69.7 Å². The van der Waals surface area contributed by atoms with Gasteiger partial charge in [0.15, 0.2) is 0 Å². The maximum Gasteiger partial charge on any atom is 0.0765 e. The van der Waals surface area contributed by atoms with Crippen LogP contribution in [0, 0.1) is 18.8 Å². The normalized spacial score (nSPS) is 22.9. The summed E-state index contributed by atoms with van der Waals surface area (Å²) < 4.78 is 0. The van der Waals surface area contributed by atoms with Gasteiger partial charge < -0.3 is 4.90 Å². The summed E-state index contributed by atoms with van der Waals surface area (Å²) in [5, 5.41) is 7.45. The van der Waals surface area contributed by atoms with Crippen LogP contribution in [0.25, 0.3) is 0 Å². The van der Waals surface area contributed by atoms with Crippen molar-refractivity contribution in [2.24, 2.45) is 11.8 Å². The van der Waals surface area contributed by atoms with E-state index in [1.54, 1.807) is 0 Å². The largest absolute Gasteiger partial charge is 0.303 e. The van der Waals surface area contributed by atoms with Crippen molar-refractivity contribution in [3.8, 4) is 0 Å². The van der Waals surface area contributed by atoms with Crippen LogP contribution in [-0.2, 0) is 13.0 Å². The van der Waals surface area contributed by atoms with Crippen LogP contribution in [-0.4, -0.2) is 52.7 Å². The molecule has 2 aliphatic heterocycles. The second kappa shape index (κ2) is 8.36. The van der Waals surface area contributed by atoms with Crippen molar-refractivity contribution in [3.63, 3.8) is 0 Å². The molecule has 2 aromatic rings. The Labute approximate surface area is 157 Å². The number of hydrogen-bond donors (Lipinski definition) is 1. The Morgan fingerprint density at radius 1 is 1.00 bits per heavy atom. The standard InChI is InChI=1S/C22H32N4/c1-18-15-22(24-23-18)17-26-12-8-20(9-13-26)21-10-14-25(16-21)11-7-19-5-3-2-4-6-19/h2-6,15,20-21H,7-14,16-17H2,1H3,(H,23,24)/t21-/m1/s1. The number of nitrogens with zero attached hydrogens (tertiary/aromatic N) is 3. The molecule has 2 fully saturated rings. The van der Waals surface area contributed by atoms with Gasteiger partial charge in [0.25, 0.3) is 0 Å². The van der Waals surface area contributed by atoms with Crippen molar-refractivity contribution in [1.82, 2.24) is 20.0 Å². The molecule has 1 atom stereocenters. The molecule has 0 unspecified atom stereocenters. The summed E-state index contributed by atoms with van der Waals surface area (Å²) in [6.45, 7) is 9.38. The van der Waals surface area contributed by atoms with E-state index in [0.29, 0.717) is 0 Å². The molecule has 1 aromatic carbocycles. The van der Waals surface area contributed by atoms with Crippen LogP contribution >= 0.6 is 0 Å². The second-order valence-electron chi connectivity index (χ2n) is 8.24. The Morgan fingerprint density at radius 3 is 2.46 bits per heavy atom. The third-order valence-corrected chi connectivity index (χ3v) is 6.31. The lowest BCUT2D eigenvalue weighted by Gasteiger charge is -2.34. The zero-order valence-corrected chi connectivity index (χ0v) is 16.0. The fraction of sp³-hybridized carbons (Fsp3) is 0.591. The Balaban J connectivity index is 1.19. The molecule has 3 heterocycles. The molecular formula is C22H32N4. The summed E-state index contributed by atoms with van der Waals surface area (Å²) in [4.78, 5) is 5.27. The number of rotatable bonds is 6. The third-order valence-electron chi connectivity index (χ3n) is 6.31. The lowest BCUT2D eigenvalue weighted by atomic mass is 9.84. The second-order valence-corrected chi connectivity index (χ2v) is 8.24. The lowest BCUT2D eigenvalue weighted by molar-refractivity contribution is 0.140. The molecule has 0 aliphatic carbocycles. The van der Waals surface area contributed by atoms with Crippen LogP contribution in [0.4, 0.5) is 0 Å². The van der Waals surface area contributed by atoms with Gasteiger partial charge in [-0.1, -0.05) is 30.3 Å². The van der Waals surface area contributed by atoms with E-state index in [1.807, 2.05) is 0 Å². The monoisotopic (exact) mass is 352 g/mol. The molecule has 2 saturated heterocycles. The van der Waals surface area contributed by atoms with Crippen molar-refractivity contribution in [2.75, 3.05) is 32.7 Å². The summed E-state index contributed by atoms with van der Waals surface area (Å²) in [5.41, 5.74) is 3.82. The van der Waals surface area contributed by atoms with Crippen molar-refractivity contribution in [3.05, 3.63) is 53.3 Å². The van der Waals surface area contributed by atoms with E-state index < -0.39 is 0 Å². The molecular weight excluding hydrogens is 320 g/mol. The van der Waals surface area contributed by atoms with Crippen molar-refractivity contribution in [1.29, 1.82) is 0 Å². The van der Waals surface area contributed by atoms with Crippen LogP contribution in [0.15, 0.2) is 36.4 Å². The van der Waals surface area contributed by atoms with Crippen LogP contribution in [0.1, 0.15) is 36.2 Å². The van der Waals surface area contributed by atoms with Crippen molar-refractivity contribution >= 4 is 0 Å². The number of aromatic amines is 1. The molecule has 0 saturated carbocycles. The molecule has 4 heteroatoms. The van der Waals surface area contributed by atoms with Crippen molar-refractivity contribution in [2.45, 2.75) is 39.2 Å². The van der Waals surface area contributed by atoms with Crippen LogP contribution in [0.2, 0.25) is 0 Å². The van der Waals surface area contributed by atoms with Crippen LogP contribution in [0.5, 0.6) is 0 Å². The van der Waals surface area contributed by atoms with Crippen LogP contribution < -0.4 is 0 Å². The van der Waals surface area contributed by atoms with Gasteiger partial charge in [-0.15, -0.1) is 0 Å². The van der Waals surface area contributed by atoms with E-state index in [4.69, 9.17) is 0 Å². The maximum atomic E-state index is 4.39. The molecule has 2 aliphatic rings. The number of benzene rings is 1. The van der Waals surface area contributed by atoms with Gasteiger partial charge in [0, 0.05) is 25.3 Å². The zero-order valence-electron chi connectivity index (χ0n) is 16.0. The minimum atomic E-state index is 0.917. The number of nitrogens with one attached hydrogen (secondary N) is 1. The Bertz CT molecular complexity index is 672. The van der Waals surface area contributed by atoms with Gasteiger partial charge in [-0.25, -0.2) is 0 Å². The number of piperidine rings is 1. The average Bonchev–Trinajstić information content (AvgIpc) is 3.31. The molecule has 140 valence electrons. The van der Waals surface area contributed by atoms with Gasteiger partial charge in [-0.05, 0) is 75.7 Å². The lowest BCUT2D eigenvalue weighted by Crippen LogP contribution is -2.36. The average molecular weight is 353 g/mol. The zero-order chi connectivity index (χ0) is 17.8. The highest BCUT2D eigenvalue weighted by atomic mass is 15.2. The van der Waals surface area contributed by atoms with Crippen molar-refractivity contribution < 1.29 is 0 Å². The van der Waals surface area contributed by atoms with Gasteiger partial charge in [-0.2, -0.15) is 5.10 Å². The first kappa shape index (κ1) is 17.7. The SMILES string of the molecule is Cc1cc(CN2CCC([C@@H]3CCN(CCc4ccccc4)C3)CC2)n[nH]1. The predicted molar refractivity (Wildman–Crippen MR) is 106 cm³/mol. The highest BCUT2D eigenvalue weighted by Crippen LogP contribution is 2.32. The number of likely N-dealkylation sites (tertiary alicyclic amines) is 2. The topological polar surface area (TPSA) is 35.2 Å². The smallest absolute Gasteiger partial charge is 0.0765 e. The Hall–Kier alpha value is -1.65. The minimum absolute atomic E-state index is 0.917. The van der Waals surface area contributed by atoms with E-state index in [0.717, 1.165) is 24.1 Å². The van der Waals surface area contributed by atoms with E-state index in [9.17, 15) is 0 Å². The summed E-state index contributed by atoms with van der Waals surface area (Å²) in [7, 11) is 0. The molecule has 0 radical (unpaired) electrons. The third kappa shape index (κ3) is 4.54. The van der Waals surface area contributed by atoms with Gasteiger partial charge in [0.1, 0.15) is 0 Å². The van der Waals surface area contributed by atoms with E-state index >= 15 is 0 Å². The number of H-pyrrole nitrogens is 1. The van der Waals surface area contributed by atoms with Crippen LogP contribution in [0.3, 0.4) is 0 Å². The predicted octanol–water partition coefficient (Wildman–Crippen LogP) is 3.49. The maximum absolute atomic E-state index is 4.39. The molecule has 0 spiro atoms. The summed E-state index contributed by atoms with van der Waals surface area (Å²) in [5.74, 6) is 1.84. The van der Waals surface area contributed by atoms with Gasteiger partial charge >= 0.3 is 0 Å². The molecule has 4 nitrogen and oxygen atoms in total. The van der Waals surface area contributed by atoms with E-state index in [2.05, 4.69) is 63.3 Å². The first-order valence-corrected chi connectivity index (χ1v) is 10.3. The fourth-order valence-electron chi connectivity index (χ4n) is 4.75. The number of aryl methyl sites for hydroxylation is 1. The Morgan fingerprint density at radius 2 is 1.73 bits per heavy atom. The first-order chi connectivity index (χ1) is 12.8. The fourth-order valence-corrected chi connectivity index (χ4v) is 4.75. The Kier molecular flexibility index (Phi) is 5.71. The highest BCUT2D eigenvalue weighted by molar-refractivity contribution is 5.15. The van der Waals surface area contributed by atoms with Gasteiger partial charge in [0.2, 0.25) is 0 Å². The molecule has 0 bridgehead atoms. The summed E-state index contributed by atoms with van der Waals surface area (Å²) in [6.07, 6.45) is 5.31. The molecule has 1 aromatic heterocycles. The molecule has 0 amide bonds. The number of hydrogen-bond acceptors (Lipinski definition) is 3. The molecule has 1 N–H and O–H groups in total. The number of aromatic nitrogens is 2. The minimum Gasteiger partial charge on any atom is -0.303 e. The summed E-state index contributed by atoms with van der Waals surface area (Å²) in [6, 6.07) is 13.1. The summed E-state index contributed by atoms with van der Waals surface area (Å²) >= 11 is 0. The van der Waals surface area contributed by atoms with Gasteiger partial charge in [-0.3, -0.25) is 10.00 Å². The van der Waals surface area contributed by atoms with E-state index in [-0.39, 0.29) is 0 Å². The van der Waals surface area contributed by atoms with Gasteiger partial charge in [0.05, 0.1) is 5.69 Å².